The minimum absolute atomic E-state index is 0.254. The third-order valence-electron chi connectivity index (χ3n) is 2.15. The molecule has 0 atom stereocenters. The first kappa shape index (κ1) is 9.78. The lowest BCUT2D eigenvalue weighted by atomic mass is 10.0. The van der Waals surface area contributed by atoms with Crippen molar-refractivity contribution in [3.8, 4) is 5.75 Å². The Hall–Kier alpha value is -1.31. The zero-order valence-corrected chi connectivity index (χ0v) is 8.00. The highest BCUT2D eigenvalue weighted by atomic mass is 16.3. The van der Waals surface area contributed by atoms with Gasteiger partial charge in [-0.3, -0.25) is 0 Å². The molecule has 0 saturated heterocycles. The second-order valence-corrected chi connectivity index (χ2v) is 3.14. The topological polar surface area (TPSA) is 37.3 Å². The van der Waals surface area contributed by atoms with E-state index in [2.05, 4.69) is 6.92 Å². The average Bonchev–Trinajstić information content (AvgIpc) is 2.13. The maximum atomic E-state index is 10.3. The fraction of sp³-hybridized carbons (Fsp3) is 0.364. The number of phenolic OH excluding ortho intramolecular Hbond substituents is 1. The lowest BCUT2D eigenvalue weighted by Gasteiger charge is -2.07. The molecule has 0 radical (unpaired) electrons. The summed E-state index contributed by atoms with van der Waals surface area (Å²) in [6.45, 7) is 3.90. The SMILES string of the molecule is CCc1cc(C)c(O)c(CC=O)c1. The molecule has 1 aromatic rings. The lowest BCUT2D eigenvalue weighted by molar-refractivity contribution is -0.107. The first-order chi connectivity index (χ1) is 6.19. The summed E-state index contributed by atoms with van der Waals surface area (Å²) in [7, 11) is 0. The van der Waals surface area contributed by atoms with Crippen LogP contribution in [0.4, 0.5) is 0 Å². The summed E-state index contributed by atoms with van der Waals surface area (Å²) in [5.74, 6) is 0.254. The predicted molar refractivity (Wildman–Crippen MR) is 52.0 cm³/mol. The Labute approximate surface area is 78.2 Å². The van der Waals surface area contributed by atoms with E-state index < -0.39 is 0 Å². The van der Waals surface area contributed by atoms with Crippen LogP contribution in [0.2, 0.25) is 0 Å². The molecule has 1 aromatic carbocycles. The minimum atomic E-state index is 0.254. The first-order valence-corrected chi connectivity index (χ1v) is 4.44. The van der Waals surface area contributed by atoms with Crippen molar-refractivity contribution in [3.05, 3.63) is 28.8 Å². The molecule has 2 nitrogen and oxygen atoms in total. The van der Waals surface area contributed by atoms with Crippen LogP contribution in [0.15, 0.2) is 12.1 Å². The van der Waals surface area contributed by atoms with Crippen molar-refractivity contribution in [3.63, 3.8) is 0 Å². The fourth-order valence-electron chi connectivity index (χ4n) is 1.38. The highest BCUT2D eigenvalue weighted by Gasteiger charge is 2.05. The van der Waals surface area contributed by atoms with E-state index in [0.29, 0.717) is 6.42 Å². The van der Waals surface area contributed by atoms with E-state index in [1.165, 1.54) is 0 Å². The second-order valence-electron chi connectivity index (χ2n) is 3.14. The average molecular weight is 178 g/mol. The van der Waals surface area contributed by atoms with Gasteiger partial charge in [0.15, 0.2) is 0 Å². The van der Waals surface area contributed by atoms with E-state index in [0.717, 1.165) is 29.4 Å². The quantitative estimate of drug-likeness (QED) is 0.719. The van der Waals surface area contributed by atoms with Crippen molar-refractivity contribution in [2.45, 2.75) is 26.7 Å². The monoisotopic (exact) mass is 178 g/mol. The van der Waals surface area contributed by atoms with E-state index in [1.54, 1.807) is 0 Å². The first-order valence-electron chi connectivity index (χ1n) is 4.44. The number of benzene rings is 1. The summed E-state index contributed by atoms with van der Waals surface area (Å²) >= 11 is 0. The van der Waals surface area contributed by atoms with E-state index in [-0.39, 0.29) is 5.75 Å². The van der Waals surface area contributed by atoms with Gasteiger partial charge in [0.1, 0.15) is 12.0 Å². The summed E-state index contributed by atoms with van der Waals surface area (Å²) in [5, 5.41) is 9.59. The number of aldehydes is 1. The Kier molecular flexibility index (Phi) is 3.07. The Morgan fingerprint density at radius 2 is 2.15 bits per heavy atom. The Bertz CT molecular complexity index is 316. The molecule has 0 spiro atoms. The molecule has 13 heavy (non-hydrogen) atoms. The highest BCUT2D eigenvalue weighted by Crippen LogP contribution is 2.24. The third kappa shape index (κ3) is 2.08. The summed E-state index contributed by atoms with van der Waals surface area (Å²) in [6.07, 6.45) is 2.03. The van der Waals surface area contributed by atoms with Crippen LogP contribution in [0.25, 0.3) is 0 Å². The summed E-state index contributed by atoms with van der Waals surface area (Å²) in [6, 6.07) is 3.83. The zero-order valence-electron chi connectivity index (χ0n) is 8.00. The van der Waals surface area contributed by atoms with Gasteiger partial charge in [0, 0.05) is 12.0 Å². The zero-order chi connectivity index (χ0) is 9.84. The number of aryl methyl sites for hydroxylation is 2. The summed E-state index contributed by atoms with van der Waals surface area (Å²) < 4.78 is 0. The smallest absolute Gasteiger partial charge is 0.124 e. The minimum Gasteiger partial charge on any atom is -0.507 e. The van der Waals surface area contributed by atoms with Gasteiger partial charge in [0.05, 0.1) is 0 Å². The molecule has 0 fully saturated rings. The van der Waals surface area contributed by atoms with Gasteiger partial charge in [-0.25, -0.2) is 0 Å². The van der Waals surface area contributed by atoms with Crippen molar-refractivity contribution in [2.24, 2.45) is 0 Å². The molecule has 0 aromatic heterocycles. The molecule has 0 aliphatic carbocycles. The molecule has 1 rings (SSSR count). The number of hydrogen-bond acceptors (Lipinski definition) is 2. The van der Waals surface area contributed by atoms with E-state index >= 15 is 0 Å². The third-order valence-corrected chi connectivity index (χ3v) is 2.15. The van der Waals surface area contributed by atoms with Gasteiger partial charge >= 0.3 is 0 Å². The number of carbonyl (C=O) groups is 1. The van der Waals surface area contributed by atoms with Crippen molar-refractivity contribution >= 4 is 6.29 Å². The Balaban J connectivity index is 3.15. The summed E-state index contributed by atoms with van der Waals surface area (Å²) in [4.78, 5) is 10.3. The fourth-order valence-corrected chi connectivity index (χ4v) is 1.38. The van der Waals surface area contributed by atoms with Crippen LogP contribution in [-0.4, -0.2) is 11.4 Å². The number of phenols is 1. The van der Waals surface area contributed by atoms with Gasteiger partial charge in [-0.1, -0.05) is 19.1 Å². The Morgan fingerprint density at radius 3 is 2.69 bits per heavy atom. The van der Waals surface area contributed by atoms with Crippen LogP contribution in [0.3, 0.4) is 0 Å². The van der Waals surface area contributed by atoms with Gasteiger partial charge in [-0.05, 0) is 24.5 Å². The van der Waals surface area contributed by atoms with Crippen LogP contribution < -0.4 is 0 Å². The predicted octanol–water partition coefficient (Wildman–Crippen LogP) is 2.00. The van der Waals surface area contributed by atoms with E-state index in [9.17, 15) is 9.90 Å². The van der Waals surface area contributed by atoms with E-state index in [1.807, 2.05) is 19.1 Å². The molecule has 0 saturated carbocycles. The van der Waals surface area contributed by atoms with Gasteiger partial charge in [0.2, 0.25) is 0 Å². The highest BCUT2D eigenvalue weighted by molar-refractivity contribution is 5.59. The lowest BCUT2D eigenvalue weighted by Crippen LogP contribution is -1.92. The van der Waals surface area contributed by atoms with Gasteiger partial charge < -0.3 is 9.90 Å². The van der Waals surface area contributed by atoms with Gasteiger partial charge in [-0.15, -0.1) is 0 Å². The molecule has 0 aliphatic heterocycles. The number of aromatic hydroxyl groups is 1. The van der Waals surface area contributed by atoms with Crippen molar-refractivity contribution < 1.29 is 9.90 Å². The normalized spacial score (nSPS) is 10.0. The van der Waals surface area contributed by atoms with Crippen molar-refractivity contribution in [1.82, 2.24) is 0 Å². The molecule has 0 bridgehead atoms. The molecule has 0 unspecified atom stereocenters. The molecular weight excluding hydrogens is 164 g/mol. The molecule has 70 valence electrons. The van der Waals surface area contributed by atoms with Crippen molar-refractivity contribution in [1.29, 1.82) is 0 Å². The standard InChI is InChI=1S/C11H14O2/c1-3-9-6-8(2)11(13)10(7-9)4-5-12/h5-7,13H,3-4H2,1-2H3. The van der Waals surface area contributed by atoms with Crippen molar-refractivity contribution in [2.75, 3.05) is 0 Å². The van der Waals surface area contributed by atoms with E-state index in [4.69, 9.17) is 0 Å². The van der Waals surface area contributed by atoms with Crippen LogP contribution >= 0.6 is 0 Å². The molecule has 0 aliphatic rings. The molecule has 0 amide bonds. The molecule has 1 N–H and O–H groups in total. The maximum Gasteiger partial charge on any atom is 0.124 e. The molecule has 2 heteroatoms. The van der Waals surface area contributed by atoms with Crippen LogP contribution in [0.5, 0.6) is 5.75 Å². The van der Waals surface area contributed by atoms with Crippen LogP contribution in [0, 0.1) is 6.92 Å². The summed E-state index contributed by atoms with van der Waals surface area (Å²) in [5.41, 5.74) is 2.73. The van der Waals surface area contributed by atoms with Crippen LogP contribution in [-0.2, 0) is 17.6 Å². The number of carbonyl (C=O) groups excluding carboxylic acids is 1. The molecule has 0 heterocycles. The van der Waals surface area contributed by atoms with Crippen LogP contribution in [0.1, 0.15) is 23.6 Å². The number of hydrogen-bond donors (Lipinski definition) is 1. The maximum absolute atomic E-state index is 10.3. The molecular formula is C11H14O2. The number of rotatable bonds is 3. The van der Waals surface area contributed by atoms with Gasteiger partial charge in [0.25, 0.3) is 0 Å². The Morgan fingerprint density at radius 1 is 1.46 bits per heavy atom. The largest absolute Gasteiger partial charge is 0.507 e. The second kappa shape index (κ2) is 4.08. The van der Waals surface area contributed by atoms with Gasteiger partial charge in [-0.2, -0.15) is 0 Å².